The summed E-state index contributed by atoms with van der Waals surface area (Å²) in [6.07, 6.45) is 0. The molecule has 0 heterocycles. The third-order valence-electron chi connectivity index (χ3n) is 3.68. The van der Waals surface area contributed by atoms with E-state index in [1.165, 1.54) is 0 Å². The molecule has 0 fully saturated rings. The molecular weight excluding hydrogens is 316 g/mol. The number of hydrogen-bond donors (Lipinski definition) is 0. The van der Waals surface area contributed by atoms with E-state index < -0.39 is 11.5 Å². The van der Waals surface area contributed by atoms with Crippen molar-refractivity contribution < 1.29 is 19.0 Å². The van der Waals surface area contributed by atoms with Crippen molar-refractivity contribution in [3.63, 3.8) is 0 Å². The minimum atomic E-state index is -0.517. The van der Waals surface area contributed by atoms with E-state index in [0.717, 1.165) is 11.1 Å². The second kappa shape index (κ2) is 8.06. The molecule has 0 aliphatic heterocycles. The van der Waals surface area contributed by atoms with Gasteiger partial charge in [-0.3, -0.25) is 4.79 Å². The van der Waals surface area contributed by atoms with Crippen LogP contribution in [0.2, 0.25) is 0 Å². The van der Waals surface area contributed by atoms with Gasteiger partial charge in [-0.2, -0.15) is 0 Å². The summed E-state index contributed by atoms with van der Waals surface area (Å²) in [4.78, 5) is 12.3. The molecular formula is C21H26O4. The Balaban J connectivity index is 2.11. The lowest BCUT2D eigenvalue weighted by atomic mass is 9.99. The zero-order valence-electron chi connectivity index (χ0n) is 15.5. The lowest BCUT2D eigenvalue weighted by Gasteiger charge is -2.23. The highest BCUT2D eigenvalue weighted by atomic mass is 16.6. The fraction of sp³-hybridized carbons (Fsp3) is 0.381. The van der Waals surface area contributed by atoms with Crippen molar-refractivity contribution in [1.82, 2.24) is 0 Å². The van der Waals surface area contributed by atoms with Crippen molar-refractivity contribution in [2.45, 2.75) is 45.8 Å². The van der Waals surface area contributed by atoms with Crippen molar-refractivity contribution in [3.8, 4) is 11.5 Å². The lowest BCUT2D eigenvalue weighted by molar-refractivity contribution is -0.156. The molecule has 2 rings (SSSR count). The van der Waals surface area contributed by atoms with E-state index >= 15 is 0 Å². The first kappa shape index (κ1) is 18.8. The number of ether oxygens (including phenoxy) is 3. The van der Waals surface area contributed by atoms with Crippen molar-refractivity contribution in [3.05, 3.63) is 59.7 Å². The van der Waals surface area contributed by atoms with E-state index in [2.05, 4.69) is 0 Å². The molecule has 2 aromatic carbocycles. The molecule has 4 heteroatoms. The summed E-state index contributed by atoms with van der Waals surface area (Å²) in [5.74, 6) is 0.617. The van der Waals surface area contributed by atoms with E-state index in [4.69, 9.17) is 14.2 Å². The summed E-state index contributed by atoms with van der Waals surface area (Å²) in [5, 5.41) is 0. The van der Waals surface area contributed by atoms with Crippen LogP contribution >= 0.6 is 0 Å². The Labute approximate surface area is 149 Å². The Hall–Kier alpha value is -2.49. The Morgan fingerprint density at radius 3 is 2.36 bits per heavy atom. The molecule has 4 nitrogen and oxygen atoms in total. The Kier molecular flexibility index (Phi) is 6.07. The SMILES string of the molecule is COc1cc(OCc2ccccc2)ccc1[C@@H](C)C(=O)OC(C)(C)C. The monoisotopic (exact) mass is 342 g/mol. The summed E-state index contributed by atoms with van der Waals surface area (Å²) in [7, 11) is 1.58. The van der Waals surface area contributed by atoms with Crippen molar-refractivity contribution >= 4 is 5.97 Å². The second-order valence-electron chi connectivity index (χ2n) is 6.93. The standard InChI is InChI=1S/C21H26O4/c1-15(20(22)25-21(2,3)4)18-12-11-17(13-19(18)23-5)24-14-16-9-7-6-8-10-16/h6-13,15H,14H2,1-5H3/t15-/m1/s1. The van der Waals surface area contributed by atoms with Crippen LogP contribution in [0.5, 0.6) is 11.5 Å². The molecule has 0 aliphatic rings. The predicted molar refractivity (Wildman–Crippen MR) is 98.0 cm³/mol. The average Bonchev–Trinajstić information content (AvgIpc) is 2.58. The number of methoxy groups -OCH3 is 1. The van der Waals surface area contributed by atoms with Crippen LogP contribution in [0.1, 0.15) is 44.7 Å². The third kappa shape index (κ3) is 5.52. The summed E-state index contributed by atoms with van der Waals surface area (Å²) < 4.78 is 16.7. The molecule has 2 aromatic rings. The van der Waals surface area contributed by atoms with E-state index in [1.54, 1.807) is 13.2 Å². The lowest BCUT2D eigenvalue weighted by Crippen LogP contribution is -2.27. The number of rotatable bonds is 6. The van der Waals surface area contributed by atoms with Crippen molar-refractivity contribution in [1.29, 1.82) is 0 Å². The number of esters is 1. The maximum Gasteiger partial charge on any atom is 0.313 e. The molecule has 0 aromatic heterocycles. The first-order valence-corrected chi connectivity index (χ1v) is 8.37. The normalized spacial score (nSPS) is 12.4. The molecule has 0 N–H and O–H groups in total. The maximum atomic E-state index is 12.3. The summed E-state index contributed by atoms with van der Waals surface area (Å²) in [5.41, 5.74) is 1.36. The van der Waals surface area contributed by atoms with E-state index in [1.807, 2.05) is 70.2 Å². The highest BCUT2D eigenvalue weighted by molar-refractivity contribution is 5.79. The summed E-state index contributed by atoms with van der Waals surface area (Å²) >= 11 is 0. The minimum absolute atomic E-state index is 0.274. The second-order valence-corrected chi connectivity index (χ2v) is 6.93. The van der Waals surface area contributed by atoms with Crippen LogP contribution in [0.15, 0.2) is 48.5 Å². The fourth-order valence-corrected chi connectivity index (χ4v) is 2.40. The quantitative estimate of drug-likeness (QED) is 0.713. The molecule has 0 radical (unpaired) electrons. The average molecular weight is 342 g/mol. The minimum Gasteiger partial charge on any atom is -0.496 e. The number of carbonyl (C=O) groups excluding carboxylic acids is 1. The van der Waals surface area contributed by atoms with Gasteiger partial charge in [-0.1, -0.05) is 36.4 Å². The summed E-state index contributed by atoms with van der Waals surface area (Å²) in [6.45, 7) is 7.86. The van der Waals surface area contributed by atoms with Crippen LogP contribution in [0.3, 0.4) is 0 Å². The smallest absolute Gasteiger partial charge is 0.313 e. The van der Waals surface area contributed by atoms with E-state index in [9.17, 15) is 4.79 Å². The largest absolute Gasteiger partial charge is 0.496 e. The molecule has 0 spiro atoms. The van der Waals surface area contributed by atoms with Crippen LogP contribution < -0.4 is 9.47 Å². The third-order valence-corrected chi connectivity index (χ3v) is 3.68. The fourth-order valence-electron chi connectivity index (χ4n) is 2.40. The molecule has 1 atom stereocenters. The van der Waals surface area contributed by atoms with Crippen molar-refractivity contribution in [2.75, 3.05) is 7.11 Å². The van der Waals surface area contributed by atoms with Crippen LogP contribution in [0.25, 0.3) is 0 Å². The maximum absolute atomic E-state index is 12.3. The molecule has 0 unspecified atom stereocenters. The van der Waals surface area contributed by atoms with Crippen LogP contribution in [0, 0.1) is 0 Å². The molecule has 0 bridgehead atoms. The van der Waals surface area contributed by atoms with Gasteiger partial charge in [-0.05, 0) is 39.3 Å². The highest BCUT2D eigenvalue weighted by Gasteiger charge is 2.25. The van der Waals surface area contributed by atoms with Gasteiger partial charge in [0.2, 0.25) is 0 Å². The molecule has 0 aliphatic carbocycles. The highest BCUT2D eigenvalue weighted by Crippen LogP contribution is 2.32. The summed E-state index contributed by atoms with van der Waals surface area (Å²) in [6, 6.07) is 15.5. The number of carbonyl (C=O) groups is 1. The van der Waals surface area contributed by atoms with Gasteiger partial charge in [0.25, 0.3) is 0 Å². The zero-order chi connectivity index (χ0) is 18.4. The van der Waals surface area contributed by atoms with Crippen molar-refractivity contribution in [2.24, 2.45) is 0 Å². The molecule has 134 valence electrons. The number of hydrogen-bond acceptors (Lipinski definition) is 4. The van der Waals surface area contributed by atoms with Gasteiger partial charge in [0.15, 0.2) is 0 Å². The molecule has 0 saturated heterocycles. The number of benzene rings is 2. The van der Waals surface area contributed by atoms with Crippen LogP contribution in [0.4, 0.5) is 0 Å². The van der Waals surface area contributed by atoms with Gasteiger partial charge in [-0.25, -0.2) is 0 Å². The molecule has 0 amide bonds. The molecule has 0 saturated carbocycles. The van der Waals surface area contributed by atoms with E-state index in [-0.39, 0.29) is 5.97 Å². The van der Waals surface area contributed by atoms with Crippen LogP contribution in [-0.2, 0) is 16.1 Å². The predicted octanol–water partition coefficient (Wildman–Crippen LogP) is 4.72. The van der Waals surface area contributed by atoms with Gasteiger partial charge in [0.1, 0.15) is 23.7 Å². The van der Waals surface area contributed by atoms with E-state index in [0.29, 0.717) is 18.1 Å². The first-order chi connectivity index (χ1) is 11.8. The Morgan fingerprint density at radius 2 is 1.76 bits per heavy atom. The Morgan fingerprint density at radius 1 is 1.08 bits per heavy atom. The first-order valence-electron chi connectivity index (χ1n) is 8.37. The van der Waals surface area contributed by atoms with Crippen LogP contribution in [-0.4, -0.2) is 18.7 Å². The molecule has 25 heavy (non-hydrogen) atoms. The van der Waals surface area contributed by atoms with Gasteiger partial charge < -0.3 is 14.2 Å². The van der Waals surface area contributed by atoms with Gasteiger partial charge in [-0.15, -0.1) is 0 Å². The van der Waals surface area contributed by atoms with Gasteiger partial charge in [0, 0.05) is 11.6 Å². The zero-order valence-corrected chi connectivity index (χ0v) is 15.5. The van der Waals surface area contributed by atoms with Gasteiger partial charge in [0.05, 0.1) is 13.0 Å². The van der Waals surface area contributed by atoms with Gasteiger partial charge >= 0.3 is 5.97 Å². The topological polar surface area (TPSA) is 44.8 Å². The Bertz CT molecular complexity index is 702.